The standard InChI is InChI=1S/C18H17N3O3S/c19-16(22)10-5-7-21(8-6-10)18(24)14-9-12-15(25-14)11-3-1-2-4-13(11)20-17(12)23/h1-4,9-10H,5-8H2,(H2,19,22)(H,20,23). The van der Waals surface area contributed by atoms with Gasteiger partial charge in [-0.25, -0.2) is 0 Å². The first-order valence-electron chi connectivity index (χ1n) is 8.18. The summed E-state index contributed by atoms with van der Waals surface area (Å²) in [7, 11) is 0. The Morgan fingerprint density at radius 3 is 2.60 bits per heavy atom. The minimum absolute atomic E-state index is 0.0902. The van der Waals surface area contributed by atoms with Crippen molar-refractivity contribution < 1.29 is 9.59 Å². The van der Waals surface area contributed by atoms with E-state index in [0.717, 1.165) is 15.6 Å². The molecule has 0 atom stereocenters. The monoisotopic (exact) mass is 355 g/mol. The number of piperidine rings is 1. The molecule has 3 aromatic rings. The van der Waals surface area contributed by atoms with Crippen molar-refractivity contribution >= 4 is 44.1 Å². The molecule has 3 heterocycles. The summed E-state index contributed by atoms with van der Waals surface area (Å²) < 4.78 is 0.828. The fraction of sp³-hybridized carbons (Fsp3) is 0.278. The molecular formula is C18H17N3O3S. The Kier molecular flexibility index (Phi) is 3.80. The topological polar surface area (TPSA) is 96.3 Å². The van der Waals surface area contributed by atoms with Gasteiger partial charge in [0.2, 0.25) is 5.91 Å². The molecule has 0 unspecified atom stereocenters. The first kappa shape index (κ1) is 15.8. The lowest BCUT2D eigenvalue weighted by molar-refractivity contribution is -0.123. The van der Waals surface area contributed by atoms with Crippen LogP contribution in [0.15, 0.2) is 35.1 Å². The van der Waals surface area contributed by atoms with Crippen molar-refractivity contribution in [1.29, 1.82) is 0 Å². The number of hydrogen-bond donors (Lipinski definition) is 2. The highest BCUT2D eigenvalue weighted by molar-refractivity contribution is 7.21. The lowest BCUT2D eigenvalue weighted by Crippen LogP contribution is -2.41. The average Bonchev–Trinajstić information content (AvgIpc) is 3.07. The smallest absolute Gasteiger partial charge is 0.263 e. The molecule has 6 nitrogen and oxygen atoms in total. The third-order valence-corrected chi connectivity index (χ3v) is 5.95. The van der Waals surface area contributed by atoms with Crippen LogP contribution in [0.4, 0.5) is 0 Å². The molecule has 128 valence electrons. The van der Waals surface area contributed by atoms with E-state index in [2.05, 4.69) is 4.98 Å². The Labute approximate surface area is 147 Å². The number of thiophene rings is 1. The van der Waals surface area contributed by atoms with Gasteiger partial charge in [-0.1, -0.05) is 18.2 Å². The third kappa shape index (κ3) is 2.70. The van der Waals surface area contributed by atoms with Crippen LogP contribution in [0, 0.1) is 5.92 Å². The molecule has 1 aromatic carbocycles. The summed E-state index contributed by atoms with van der Waals surface area (Å²) >= 11 is 1.35. The molecule has 0 radical (unpaired) electrons. The van der Waals surface area contributed by atoms with Gasteiger partial charge in [-0.15, -0.1) is 11.3 Å². The number of pyridine rings is 1. The highest BCUT2D eigenvalue weighted by Gasteiger charge is 2.27. The molecule has 0 bridgehead atoms. The SMILES string of the molecule is NC(=O)C1CCN(C(=O)c2cc3c(=O)[nH]c4ccccc4c3s2)CC1. The van der Waals surface area contributed by atoms with Crippen LogP contribution in [0.5, 0.6) is 0 Å². The van der Waals surface area contributed by atoms with Crippen molar-refractivity contribution in [3.63, 3.8) is 0 Å². The van der Waals surface area contributed by atoms with Gasteiger partial charge >= 0.3 is 0 Å². The second kappa shape index (κ2) is 6.00. The molecule has 0 saturated carbocycles. The maximum Gasteiger partial charge on any atom is 0.263 e. The Morgan fingerprint density at radius 2 is 1.88 bits per heavy atom. The molecule has 2 aromatic heterocycles. The maximum absolute atomic E-state index is 12.8. The summed E-state index contributed by atoms with van der Waals surface area (Å²) in [5.74, 6) is -0.544. The Hall–Kier alpha value is -2.67. The highest BCUT2D eigenvalue weighted by Crippen LogP contribution is 2.31. The summed E-state index contributed by atoms with van der Waals surface area (Å²) in [5, 5.41) is 1.48. The van der Waals surface area contributed by atoms with E-state index in [1.807, 2.05) is 24.3 Å². The van der Waals surface area contributed by atoms with E-state index in [0.29, 0.717) is 36.2 Å². The van der Waals surface area contributed by atoms with Crippen molar-refractivity contribution in [2.24, 2.45) is 11.7 Å². The zero-order valence-corrected chi connectivity index (χ0v) is 14.3. The molecule has 0 spiro atoms. The number of primary amides is 1. The molecule has 1 fully saturated rings. The zero-order valence-electron chi connectivity index (χ0n) is 13.5. The number of carbonyl (C=O) groups is 2. The van der Waals surface area contributed by atoms with E-state index in [1.165, 1.54) is 11.3 Å². The predicted molar refractivity (Wildman–Crippen MR) is 97.8 cm³/mol. The van der Waals surface area contributed by atoms with E-state index in [4.69, 9.17) is 5.73 Å². The van der Waals surface area contributed by atoms with Gasteiger partial charge in [0.1, 0.15) is 0 Å². The van der Waals surface area contributed by atoms with E-state index in [-0.39, 0.29) is 23.3 Å². The molecule has 0 aliphatic carbocycles. The molecule has 7 heteroatoms. The number of hydrogen-bond acceptors (Lipinski definition) is 4. The number of nitrogens with zero attached hydrogens (tertiary/aromatic N) is 1. The lowest BCUT2D eigenvalue weighted by Gasteiger charge is -2.30. The average molecular weight is 355 g/mol. The minimum atomic E-state index is -0.299. The summed E-state index contributed by atoms with van der Waals surface area (Å²) in [6.07, 6.45) is 1.19. The first-order valence-corrected chi connectivity index (χ1v) is 8.99. The molecular weight excluding hydrogens is 338 g/mol. The van der Waals surface area contributed by atoms with Crippen LogP contribution in [0.3, 0.4) is 0 Å². The maximum atomic E-state index is 12.8. The van der Waals surface area contributed by atoms with Crippen LogP contribution < -0.4 is 11.3 Å². The van der Waals surface area contributed by atoms with Gasteiger partial charge in [-0.3, -0.25) is 14.4 Å². The van der Waals surface area contributed by atoms with Gasteiger partial charge in [0, 0.05) is 34.6 Å². The molecule has 4 rings (SSSR count). The Morgan fingerprint density at radius 1 is 1.16 bits per heavy atom. The molecule has 1 aliphatic rings. The number of amides is 2. The second-order valence-corrected chi connectivity index (χ2v) is 7.37. The molecule has 2 amide bonds. The number of fused-ring (bicyclic) bond motifs is 3. The molecule has 1 aliphatic heterocycles. The number of benzene rings is 1. The van der Waals surface area contributed by atoms with E-state index >= 15 is 0 Å². The molecule has 25 heavy (non-hydrogen) atoms. The van der Waals surface area contributed by atoms with Crippen molar-refractivity contribution in [1.82, 2.24) is 9.88 Å². The number of nitrogens with two attached hydrogens (primary N) is 1. The van der Waals surface area contributed by atoms with E-state index in [1.54, 1.807) is 11.0 Å². The van der Waals surface area contributed by atoms with Gasteiger partial charge in [-0.2, -0.15) is 0 Å². The number of aromatic nitrogens is 1. The zero-order chi connectivity index (χ0) is 17.6. The summed E-state index contributed by atoms with van der Waals surface area (Å²) in [6.45, 7) is 1.02. The Bertz CT molecular complexity index is 1040. The minimum Gasteiger partial charge on any atom is -0.369 e. The number of rotatable bonds is 2. The van der Waals surface area contributed by atoms with Crippen LogP contribution in [-0.4, -0.2) is 34.8 Å². The number of para-hydroxylation sites is 1. The largest absolute Gasteiger partial charge is 0.369 e. The van der Waals surface area contributed by atoms with E-state index in [9.17, 15) is 14.4 Å². The summed E-state index contributed by atoms with van der Waals surface area (Å²) in [5.41, 5.74) is 5.92. The van der Waals surface area contributed by atoms with Crippen LogP contribution >= 0.6 is 11.3 Å². The van der Waals surface area contributed by atoms with Gasteiger partial charge in [0.15, 0.2) is 0 Å². The highest BCUT2D eigenvalue weighted by atomic mass is 32.1. The number of carbonyl (C=O) groups excluding carboxylic acids is 2. The molecule has 1 saturated heterocycles. The van der Waals surface area contributed by atoms with Gasteiger partial charge in [0.25, 0.3) is 11.5 Å². The summed E-state index contributed by atoms with van der Waals surface area (Å²) in [4.78, 5) is 41.5. The Balaban J connectivity index is 1.69. The number of H-pyrrole nitrogens is 1. The predicted octanol–water partition coefficient (Wildman–Crippen LogP) is 2.08. The first-order chi connectivity index (χ1) is 12.0. The van der Waals surface area contributed by atoms with Crippen molar-refractivity contribution in [3.05, 3.63) is 45.6 Å². The van der Waals surface area contributed by atoms with Gasteiger partial charge in [-0.05, 0) is 25.0 Å². The van der Waals surface area contributed by atoms with Crippen molar-refractivity contribution in [2.45, 2.75) is 12.8 Å². The number of aromatic amines is 1. The molecule has 3 N–H and O–H groups in total. The lowest BCUT2D eigenvalue weighted by atomic mass is 9.96. The van der Waals surface area contributed by atoms with Crippen molar-refractivity contribution in [3.8, 4) is 0 Å². The van der Waals surface area contributed by atoms with Crippen molar-refractivity contribution in [2.75, 3.05) is 13.1 Å². The third-order valence-electron chi connectivity index (χ3n) is 4.79. The fourth-order valence-electron chi connectivity index (χ4n) is 3.37. The normalized spacial score (nSPS) is 15.8. The van der Waals surface area contributed by atoms with E-state index < -0.39 is 0 Å². The number of nitrogens with one attached hydrogen (secondary N) is 1. The summed E-state index contributed by atoms with van der Waals surface area (Å²) in [6, 6.07) is 9.25. The van der Waals surface area contributed by atoms with Crippen LogP contribution in [-0.2, 0) is 4.79 Å². The van der Waals surface area contributed by atoms with Gasteiger partial charge in [0.05, 0.1) is 10.3 Å². The second-order valence-electron chi connectivity index (χ2n) is 6.32. The van der Waals surface area contributed by atoms with Crippen LogP contribution in [0.2, 0.25) is 0 Å². The fourth-order valence-corrected chi connectivity index (χ4v) is 4.53. The number of likely N-dealkylation sites (tertiary alicyclic amines) is 1. The van der Waals surface area contributed by atoms with Crippen LogP contribution in [0.25, 0.3) is 21.0 Å². The van der Waals surface area contributed by atoms with Crippen LogP contribution in [0.1, 0.15) is 22.5 Å². The quantitative estimate of drug-likeness (QED) is 0.736. The van der Waals surface area contributed by atoms with Gasteiger partial charge < -0.3 is 15.6 Å².